The van der Waals surface area contributed by atoms with Gasteiger partial charge in [-0.25, -0.2) is 0 Å². The zero-order valence-corrected chi connectivity index (χ0v) is 9.08. The number of hydrogen-bond donors (Lipinski definition) is 0. The average Bonchev–Trinajstić information content (AvgIpc) is 2.26. The second kappa shape index (κ2) is 4.26. The lowest BCUT2D eigenvalue weighted by molar-refractivity contribution is 1.40. The minimum absolute atomic E-state index is 0.698. The van der Waals surface area contributed by atoms with Gasteiger partial charge in [0.15, 0.2) is 0 Å². The molecule has 0 atom stereocenters. The van der Waals surface area contributed by atoms with Crippen molar-refractivity contribution in [2.45, 2.75) is 0 Å². The lowest BCUT2D eigenvalue weighted by atomic mass is 10.1. The molecule has 2 rings (SSSR count). The quantitative estimate of drug-likeness (QED) is 0.514. The van der Waals surface area contributed by atoms with Gasteiger partial charge in [0.25, 0.3) is 0 Å². The van der Waals surface area contributed by atoms with E-state index in [2.05, 4.69) is 32.8 Å². The Kier molecular flexibility index (Phi) is 2.81. The number of fused-ring (bicyclic) bond motifs is 1. The SMILES string of the molecule is BrCC#Cc1ccnc2ccccc12. The summed E-state index contributed by atoms with van der Waals surface area (Å²) in [6.07, 6.45) is 1.79. The molecule has 0 spiro atoms. The fraction of sp³-hybridized carbons (Fsp3) is 0.0833. The van der Waals surface area contributed by atoms with Crippen LogP contribution in [0, 0.1) is 11.8 Å². The maximum absolute atomic E-state index is 4.27. The number of hydrogen-bond acceptors (Lipinski definition) is 1. The van der Waals surface area contributed by atoms with Crippen molar-refractivity contribution < 1.29 is 0 Å². The average molecular weight is 246 g/mol. The highest BCUT2D eigenvalue weighted by Gasteiger charge is 1.96. The number of alkyl halides is 1. The summed E-state index contributed by atoms with van der Waals surface area (Å²) >= 11 is 3.28. The Morgan fingerprint density at radius 1 is 1.21 bits per heavy atom. The van der Waals surface area contributed by atoms with Crippen molar-refractivity contribution in [3.8, 4) is 11.8 Å². The van der Waals surface area contributed by atoms with Crippen LogP contribution in [-0.2, 0) is 0 Å². The normalized spacial score (nSPS) is 9.50. The van der Waals surface area contributed by atoms with Crippen molar-refractivity contribution >= 4 is 26.8 Å². The van der Waals surface area contributed by atoms with Crippen LogP contribution in [0.1, 0.15) is 5.56 Å². The smallest absolute Gasteiger partial charge is 0.0714 e. The molecule has 0 N–H and O–H groups in total. The molecule has 0 fully saturated rings. The van der Waals surface area contributed by atoms with Crippen molar-refractivity contribution in [1.29, 1.82) is 0 Å². The van der Waals surface area contributed by atoms with Crippen LogP contribution >= 0.6 is 15.9 Å². The summed E-state index contributed by atoms with van der Waals surface area (Å²) in [5, 5.41) is 1.81. The third-order valence-electron chi connectivity index (χ3n) is 1.94. The summed E-state index contributed by atoms with van der Waals surface area (Å²) in [6, 6.07) is 9.97. The predicted octanol–water partition coefficient (Wildman–Crippen LogP) is 2.98. The van der Waals surface area contributed by atoms with Gasteiger partial charge in [-0.1, -0.05) is 46.0 Å². The van der Waals surface area contributed by atoms with Crippen LogP contribution in [0.3, 0.4) is 0 Å². The van der Waals surface area contributed by atoms with Crippen LogP contribution < -0.4 is 0 Å². The van der Waals surface area contributed by atoms with E-state index in [0.717, 1.165) is 16.5 Å². The molecule has 2 heteroatoms. The molecule has 0 amide bonds. The van der Waals surface area contributed by atoms with Gasteiger partial charge in [-0.2, -0.15) is 0 Å². The lowest BCUT2D eigenvalue weighted by Crippen LogP contribution is -1.82. The molecule has 0 aliphatic carbocycles. The second-order valence-electron chi connectivity index (χ2n) is 2.81. The minimum Gasteiger partial charge on any atom is -0.256 e. The van der Waals surface area contributed by atoms with E-state index in [1.54, 1.807) is 6.20 Å². The molecule has 1 heterocycles. The molecule has 0 aliphatic heterocycles. The van der Waals surface area contributed by atoms with E-state index >= 15 is 0 Å². The van der Waals surface area contributed by atoms with Crippen LogP contribution in [-0.4, -0.2) is 10.3 Å². The maximum atomic E-state index is 4.27. The maximum Gasteiger partial charge on any atom is 0.0714 e. The molecule has 2 aromatic rings. The Balaban J connectivity index is 2.65. The van der Waals surface area contributed by atoms with Crippen LogP contribution in [0.25, 0.3) is 10.9 Å². The highest BCUT2D eigenvalue weighted by Crippen LogP contribution is 2.14. The summed E-state index contributed by atoms with van der Waals surface area (Å²) in [5.41, 5.74) is 2.03. The number of pyridine rings is 1. The number of aromatic nitrogens is 1. The van der Waals surface area contributed by atoms with E-state index in [4.69, 9.17) is 0 Å². The summed E-state index contributed by atoms with van der Waals surface area (Å²) in [4.78, 5) is 4.27. The first-order valence-corrected chi connectivity index (χ1v) is 5.42. The Morgan fingerprint density at radius 2 is 2.07 bits per heavy atom. The number of rotatable bonds is 0. The van der Waals surface area contributed by atoms with Crippen molar-refractivity contribution in [1.82, 2.24) is 4.98 Å². The zero-order chi connectivity index (χ0) is 9.80. The highest BCUT2D eigenvalue weighted by atomic mass is 79.9. The standard InChI is InChI=1S/C12H8BrN/c13-8-3-4-10-7-9-14-12-6-2-1-5-11(10)12/h1-2,5-7,9H,8H2. The molecule has 1 aromatic heterocycles. The van der Waals surface area contributed by atoms with Gasteiger partial charge < -0.3 is 0 Å². The molecule has 0 bridgehead atoms. The fourth-order valence-electron chi connectivity index (χ4n) is 1.33. The van der Waals surface area contributed by atoms with Crippen molar-refractivity contribution in [3.63, 3.8) is 0 Å². The fourth-order valence-corrected chi connectivity index (χ4v) is 1.47. The molecule has 0 radical (unpaired) electrons. The molecule has 68 valence electrons. The highest BCUT2D eigenvalue weighted by molar-refractivity contribution is 9.09. The Labute approximate surface area is 91.3 Å². The van der Waals surface area contributed by atoms with Crippen LogP contribution in [0.5, 0.6) is 0 Å². The number of para-hydroxylation sites is 1. The number of benzene rings is 1. The summed E-state index contributed by atoms with van der Waals surface area (Å²) in [5.74, 6) is 6.10. The third kappa shape index (κ3) is 1.78. The van der Waals surface area contributed by atoms with Gasteiger partial charge in [0.1, 0.15) is 0 Å². The van der Waals surface area contributed by atoms with Gasteiger partial charge in [-0.15, -0.1) is 0 Å². The monoisotopic (exact) mass is 245 g/mol. The van der Waals surface area contributed by atoms with E-state index in [1.807, 2.05) is 30.3 Å². The Hall–Kier alpha value is -1.33. The molecule has 0 unspecified atom stereocenters. The van der Waals surface area contributed by atoms with Gasteiger partial charge in [0, 0.05) is 17.1 Å². The first kappa shape index (κ1) is 9.23. The van der Waals surface area contributed by atoms with Crippen molar-refractivity contribution in [2.75, 3.05) is 5.33 Å². The molecular weight excluding hydrogens is 238 g/mol. The van der Waals surface area contributed by atoms with E-state index < -0.39 is 0 Å². The summed E-state index contributed by atoms with van der Waals surface area (Å²) in [6.45, 7) is 0. The number of nitrogens with zero attached hydrogens (tertiary/aromatic N) is 1. The van der Waals surface area contributed by atoms with E-state index in [-0.39, 0.29) is 0 Å². The second-order valence-corrected chi connectivity index (χ2v) is 3.37. The first-order chi connectivity index (χ1) is 6.92. The van der Waals surface area contributed by atoms with Gasteiger partial charge in [-0.3, -0.25) is 4.98 Å². The Morgan fingerprint density at radius 3 is 2.93 bits per heavy atom. The summed E-state index contributed by atoms with van der Waals surface area (Å²) < 4.78 is 0. The minimum atomic E-state index is 0.698. The molecule has 0 saturated carbocycles. The summed E-state index contributed by atoms with van der Waals surface area (Å²) in [7, 11) is 0. The van der Waals surface area contributed by atoms with Gasteiger partial charge in [0.2, 0.25) is 0 Å². The molecule has 14 heavy (non-hydrogen) atoms. The van der Waals surface area contributed by atoms with Gasteiger partial charge in [-0.05, 0) is 12.1 Å². The van der Waals surface area contributed by atoms with Crippen LogP contribution in [0.2, 0.25) is 0 Å². The molecule has 0 aliphatic rings. The molecule has 1 aromatic carbocycles. The molecule has 1 nitrogen and oxygen atoms in total. The topological polar surface area (TPSA) is 12.9 Å². The third-order valence-corrected chi connectivity index (χ3v) is 2.22. The predicted molar refractivity (Wildman–Crippen MR) is 62.4 cm³/mol. The van der Waals surface area contributed by atoms with Crippen LogP contribution in [0.4, 0.5) is 0 Å². The van der Waals surface area contributed by atoms with E-state index in [0.29, 0.717) is 5.33 Å². The Bertz CT molecular complexity index is 503. The number of halogens is 1. The van der Waals surface area contributed by atoms with E-state index in [9.17, 15) is 0 Å². The molecular formula is C12H8BrN. The zero-order valence-electron chi connectivity index (χ0n) is 7.50. The van der Waals surface area contributed by atoms with Crippen LogP contribution in [0.15, 0.2) is 36.5 Å². The van der Waals surface area contributed by atoms with Crippen molar-refractivity contribution in [2.24, 2.45) is 0 Å². The lowest BCUT2D eigenvalue weighted by Gasteiger charge is -1.97. The van der Waals surface area contributed by atoms with E-state index in [1.165, 1.54) is 0 Å². The van der Waals surface area contributed by atoms with Gasteiger partial charge >= 0.3 is 0 Å². The first-order valence-electron chi connectivity index (χ1n) is 4.30. The molecule has 0 saturated heterocycles. The largest absolute Gasteiger partial charge is 0.256 e. The van der Waals surface area contributed by atoms with Gasteiger partial charge in [0.05, 0.1) is 10.8 Å². The van der Waals surface area contributed by atoms with Crippen molar-refractivity contribution in [3.05, 3.63) is 42.1 Å².